The predicted octanol–water partition coefficient (Wildman–Crippen LogP) is 4.03. The van der Waals surface area contributed by atoms with E-state index in [1.54, 1.807) is 6.20 Å². The zero-order chi connectivity index (χ0) is 16.3. The molecule has 1 N–H and O–H groups in total. The first-order valence-corrected chi connectivity index (χ1v) is 8.71. The maximum Gasteiger partial charge on any atom is 0.233 e. The average molecular weight is 382 g/mol. The van der Waals surface area contributed by atoms with Crippen molar-refractivity contribution in [3.05, 3.63) is 41.1 Å². The summed E-state index contributed by atoms with van der Waals surface area (Å²) in [5.41, 5.74) is 0.791. The lowest BCUT2D eigenvalue weighted by atomic mass is 10.1. The molecule has 6 heteroatoms. The van der Waals surface area contributed by atoms with Crippen molar-refractivity contribution in [3.63, 3.8) is 0 Å². The number of nitrogens with zero attached hydrogens (tertiary/aromatic N) is 2. The van der Waals surface area contributed by atoms with E-state index < -0.39 is 0 Å². The van der Waals surface area contributed by atoms with Gasteiger partial charge in [-0.3, -0.25) is 9.36 Å². The van der Waals surface area contributed by atoms with Gasteiger partial charge in [0.2, 0.25) is 5.91 Å². The van der Waals surface area contributed by atoms with Crippen LogP contribution in [-0.4, -0.2) is 26.2 Å². The van der Waals surface area contributed by atoms with Crippen molar-refractivity contribution < 1.29 is 4.79 Å². The highest BCUT2D eigenvalue weighted by Gasteiger charge is 2.21. The molecule has 1 heterocycles. The van der Waals surface area contributed by atoms with Gasteiger partial charge in [0.25, 0.3) is 0 Å². The molecule has 22 heavy (non-hydrogen) atoms. The third-order valence-electron chi connectivity index (χ3n) is 2.86. The number of hydrogen-bond acceptors (Lipinski definition) is 3. The van der Waals surface area contributed by atoms with Gasteiger partial charge in [-0.15, -0.1) is 0 Å². The van der Waals surface area contributed by atoms with Gasteiger partial charge in [-0.25, -0.2) is 4.98 Å². The second-order valence-electron chi connectivity index (χ2n) is 6.06. The SMILES string of the molecule is CC(Sc1nccn1-c1ccc(Br)cc1)C(=O)NC(C)(C)C. The monoisotopic (exact) mass is 381 g/mol. The van der Waals surface area contributed by atoms with Crippen molar-refractivity contribution in [2.45, 2.75) is 43.6 Å². The summed E-state index contributed by atoms with van der Waals surface area (Å²) in [6, 6.07) is 7.99. The molecule has 1 atom stereocenters. The minimum absolute atomic E-state index is 0.0165. The van der Waals surface area contributed by atoms with Crippen LogP contribution in [0.3, 0.4) is 0 Å². The largest absolute Gasteiger partial charge is 0.351 e. The van der Waals surface area contributed by atoms with E-state index in [0.717, 1.165) is 15.3 Å². The van der Waals surface area contributed by atoms with Crippen molar-refractivity contribution in [2.75, 3.05) is 0 Å². The Bertz CT molecular complexity index is 646. The number of benzene rings is 1. The van der Waals surface area contributed by atoms with Crippen LogP contribution in [0.1, 0.15) is 27.7 Å². The number of amides is 1. The predicted molar refractivity (Wildman–Crippen MR) is 94.5 cm³/mol. The van der Waals surface area contributed by atoms with Crippen molar-refractivity contribution in [1.82, 2.24) is 14.9 Å². The van der Waals surface area contributed by atoms with Crippen LogP contribution in [0.4, 0.5) is 0 Å². The molecular weight excluding hydrogens is 362 g/mol. The smallest absolute Gasteiger partial charge is 0.233 e. The van der Waals surface area contributed by atoms with Crippen LogP contribution in [0.15, 0.2) is 46.3 Å². The first kappa shape index (κ1) is 17.1. The topological polar surface area (TPSA) is 46.9 Å². The molecule has 1 amide bonds. The van der Waals surface area contributed by atoms with E-state index in [2.05, 4.69) is 26.2 Å². The molecule has 0 spiro atoms. The number of imidazole rings is 1. The fourth-order valence-corrected chi connectivity index (χ4v) is 3.01. The molecule has 0 aliphatic heterocycles. The highest BCUT2D eigenvalue weighted by atomic mass is 79.9. The average Bonchev–Trinajstić information content (AvgIpc) is 2.85. The number of halogens is 1. The van der Waals surface area contributed by atoms with Crippen molar-refractivity contribution in [1.29, 1.82) is 0 Å². The second kappa shape index (κ2) is 6.87. The fourth-order valence-electron chi connectivity index (χ4n) is 1.86. The standard InChI is InChI=1S/C16H20BrN3OS/c1-11(14(21)19-16(2,3)4)22-15-18-9-10-20(15)13-7-5-12(17)6-8-13/h5-11H,1-4H3,(H,19,21). The van der Waals surface area contributed by atoms with Gasteiger partial charge in [-0.2, -0.15) is 0 Å². The van der Waals surface area contributed by atoms with Crippen molar-refractivity contribution >= 4 is 33.6 Å². The molecular formula is C16H20BrN3OS. The summed E-state index contributed by atoms with van der Waals surface area (Å²) in [6.45, 7) is 7.83. The molecule has 0 aliphatic rings. The zero-order valence-corrected chi connectivity index (χ0v) is 15.5. The van der Waals surface area contributed by atoms with E-state index in [4.69, 9.17) is 0 Å². The van der Waals surface area contributed by atoms with Gasteiger partial charge in [0.15, 0.2) is 5.16 Å². The van der Waals surface area contributed by atoms with Crippen LogP contribution >= 0.6 is 27.7 Å². The Morgan fingerprint density at radius 2 is 1.95 bits per heavy atom. The summed E-state index contributed by atoms with van der Waals surface area (Å²) in [4.78, 5) is 16.6. The maximum atomic E-state index is 12.2. The van der Waals surface area contributed by atoms with Gasteiger partial charge in [0.1, 0.15) is 0 Å². The molecule has 0 bridgehead atoms. The summed E-state index contributed by atoms with van der Waals surface area (Å²) in [5.74, 6) is 0.0165. The molecule has 0 saturated carbocycles. The molecule has 0 fully saturated rings. The summed E-state index contributed by atoms with van der Waals surface area (Å²) in [5, 5.41) is 3.59. The van der Waals surface area contributed by atoms with Gasteiger partial charge in [-0.1, -0.05) is 27.7 Å². The first-order valence-electron chi connectivity index (χ1n) is 7.04. The van der Waals surface area contributed by atoms with Crippen LogP contribution in [0.5, 0.6) is 0 Å². The van der Waals surface area contributed by atoms with Crippen LogP contribution in [0.25, 0.3) is 5.69 Å². The second-order valence-corrected chi connectivity index (χ2v) is 8.28. The van der Waals surface area contributed by atoms with Crippen LogP contribution in [-0.2, 0) is 4.79 Å². The number of carbonyl (C=O) groups is 1. The van der Waals surface area contributed by atoms with E-state index in [-0.39, 0.29) is 16.7 Å². The molecule has 1 aromatic heterocycles. The Labute approximate surface area is 143 Å². The van der Waals surface area contributed by atoms with Gasteiger partial charge >= 0.3 is 0 Å². The molecule has 2 aromatic rings. The molecule has 0 saturated heterocycles. The Balaban J connectivity index is 2.13. The highest BCUT2D eigenvalue weighted by molar-refractivity contribution is 9.10. The Morgan fingerprint density at radius 3 is 2.55 bits per heavy atom. The van der Waals surface area contributed by atoms with E-state index in [1.165, 1.54) is 11.8 Å². The van der Waals surface area contributed by atoms with Crippen LogP contribution < -0.4 is 5.32 Å². The maximum absolute atomic E-state index is 12.2. The zero-order valence-electron chi connectivity index (χ0n) is 13.1. The minimum atomic E-state index is -0.229. The van der Waals surface area contributed by atoms with E-state index in [9.17, 15) is 4.79 Å². The lowest BCUT2D eigenvalue weighted by Crippen LogP contribution is -2.44. The molecule has 0 aliphatic carbocycles. The Hall–Kier alpha value is -1.27. The van der Waals surface area contributed by atoms with E-state index >= 15 is 0 Å². The Kier molecular flexibility index (Phi) is 5.34. The van der Waals surface area contributed by atoms with Crippen molar-refractivity contribution in [3.8, 4) is 5.69 Å². The van der Waals surface area contributed by atoms with Crippen molar-refractivity contribution in [2.24, 2.45) is 0 Å². The third kappa shape index (κ3) is 4.61. The molecule has 0 radical (unpaired) electrons. The van der Waals surface area contributed by atoms with Gasteiger partial charge in [0.05, 0.1) is 5.25 Å². The molecule has 1 aromatic carbocycles. The molecule has 1 unspecified atom stereocenters. The van der Waals surface area contributed by atoms with E-state index in [1.807, 2.05) is 62.7 Å². The number of nitrogens with one attached hydrogen (secondary N) is 1. The van der Waals surface area contributed by atoms with E-state index in [0.29, 0.717) is 0 Å². The van der Waals surface area contributed by atoms with Crippen LogP contribution in [0, 0.1) is 0 Å². The van der Waals surface area contributed by atoms with Gasteiger partial charge in [0, 0.05) is 28.1 Å². The number of carbonyl (C=O) groups excluding carboxylic acids is 1. The lowest BCUT2D eigenvalue weighted by molar-refractivity contribution is -0.121. The number of rotatable bonds is 4. The summed E-state index contributed by atoms with van der Waals surface area (Å²) >= 11 is 4.88. The molecule has 2 rings (SSSR count). The number of aromatic nitrogens is 2. The third-order valence-corrected chi connectivity index (χ3v) is 4.47. The number of hydrogen-bond donors (Lipinski definition) is 1. The number of thioether (sulfide) groups is 1. The normalized spacial score (nSPS) is 13.0. The van der Waals surface area contributed by atoms with Gasteiger partial charge < -0.3 is 5.32 Å². The fraction of sp³-hybridized carbons (Fsp3) is 0.375. The Morgan fingerprint density at radius 1 is 1.32 bits per heavy atom. The quantitative estimate of drug-likeness (QED) is 0.813. The highest BCUT2D eigenvalue weighted by Crippen LogP contribution is 2.25. The van der Waals surface area contributed by atoms with Crippen LogP contribution in [0.2, 0.25) is 0 Å². The first-order chi connectivity index (χ1) is 10.3. The molecule has 118 valence electrons. The molecule has 4 nitrogen and oxygen atoms in total. The summed E-state index contributed by atoms with van der Waals surface area (Å²) in [6.07, 6.45) is 3.65. The summed E-state index contributed by atoms with van der Waals surface area (Å²) < 4.78 is 3.02. The lowest BCUT2D eigenvalue weighted by Gasteiger charge is -2.23. The minimum Gasteiger partial charge on any atom is -0.351 e. The summed E-state index contributed by atoms with van der Waals surface area (Å²) in [7, 11) is 0. The van der Waals surface area contributed by atoms with Gasteiger partial charge in [-0.05, 0) is 52.0 Å².